The molecule has 3 rings (SSSR count). The third kappa shape index (κ3) is 3.33. The fourth-order valence-electron chi connectivity index (χ4n) is 2.96. The minimum absolute atomic E-state index is 0.0272. The maximum atomic E-state index is 13.1. The van der Waals surface area contributed by atoms with Crippen LogP contribution in [0.1, 0.15) is 12.0 Å². The van der Waals surface area contributed by atoms with Gasteiger partial charge in [-0.05, 0) is 25.5 Å². The van der Waals surface area contributed by atoms with Crippen molar-refractivity contribution in [1.29, 1.82) is 0 Å². The van der Waals surface area contributed by atoms with Crippen LogP contribution in [0.3, 0.4) is 0 Å². The first-order chi connectivity index (χ1) is 10.2. The minimum Gasteiger partial charge on any atom is -0.395 e. The Morgan fingerprint density at radius 1 is 1.36 bits per heavy atom. The Hall–Kier alpha value is -1.41. The predicted molar refractivity (Wildman–Crippen MR) is 75.7 cm³/mol. The lowest BCUT2D eigenvalue weighted by molar-refractivity contribution is -0.287. The van der Waals surface area contributed by atoms with Crippen molar-refractivity contribution in [2.75, 3.05) is 25.1 Å². The van der Waals surface area contributed by atoms with Crippen molar-refractivity contribution in [1.82, 2.24) is 4.90 Å². The lowest BCUT2D eigenvalue weighted by Gasteiger charge is -2.20. The van der Waals surface area contributed by atoms with Crippen molar-refractivity contribution in [2.45, 2.75) is 19.3 Å². The van der Waals surface area contributed by atoms with E-state index in [1.807, 2.05) is 11.9 Å². The molecule has 2 aliphatic rings. The number of rotatable bonds is 4. The van der Waals surface area contributed by atoms with Gasteiger partial charge in [-0.2, -0.15) is 0 Å². The highest BCUT2D eigenvalue weighted by molar-refractivity contribution is 7.91. The quantitative estimate of drug-likeness (QED) is 0.842. The summed E-state index contributed by atoms with van der Waals surface area (Å²) in [6.07, 6.45) is -2.98. The Bertz CT molecular complexity index is 677. The summed E-state index contributed by atoms with van der Waals surface area (Å²) in [6.45, 7) is 0.985. The summed E-state index contributed by atoms with van der Waals surface area (Å²) < 4.78 is 58.2. The van der Waals surface area contributed by atoms with E-state index < -0.39 is 16.1 Å². The molecule has 1 aromatic carbocycles. The largest absolute Gasteiger partial charge is 0.586 e. The maximum Gasteiger partial charge on any atom is 0.586 e. The monoisotopic (exact) mass is 333 g/mol. The first kappa shape index (κ1) is 15.5. The van der Waals surface area contributed by atoms with Crippen molar-refractivity contribution < 1.29 is 26.7 Å². The zero-order valence-corrected chi connectivity index (χ0v) is 12.9. The fourth-order valence-corrected chi connectivity index (χ4v) is 4.81. The highest BCUT2D eigenvalue weighted by Gasteiger charge is 2.44. The van der Waals surface area contributed by atoms with Gasteiger partial charge in [0.25, 0.3) is 0 Å². The molecule has 0 saturated carbocycles. The standard InChI is InChI=1S/C14H17F2NO4S/c1-17(7-10-5-6-22(18,19)9-10)8-11-3-2-4-12-13(11)21-14(15,16)20-12/h2-4,10H,5-9H2,1H3. The van der Waals surface area contributed by atoms with E-state index in [2.05, 4.69) is 9.47 Å². The van der Waals surface area contributed by atoms with Crippen LogP contribution in [-0.4, -0.2) is 44.7 Å². The Morgan fingerprint density at radius 2 is 2.14 bits per heavy atom. The van der Waals surface area contributed by atoms with Gasteiger partial charge in [-0.1, -0.05) is 12.1 Å². The van der Waals surface area contributed by atoms with Gasteiger partial charge in [0, 0.05) is 18.7 Å². The Balaban J connectivity index is 1.66. The molecular formula is C14H17F2NO4S. The molecule has 0 radical (unpaired) electrons. The molecule has 1 aromatic rings. The van der Waals surface area contributed by atoms with Crippen molar-refractivity contribution in [3.63, 3.8) is 0 Å². The van der Waals surface area contributed by atoms with Gasteiger partial charge in [-0.15, -0.1) is 8.78 Å². The van der Waals surface area contributed by atoms with Crippen molar-refractivity contribution in [3.8, 4) is 11.5 Å². The van der Waals surface area contributed by atoms with Crippen LogP contribution in [0.2, 0.25) is 0 Å². The molecule has 2 heterocycles. The SMILES string of the molecule is CN(Cc1cccc2c1OC(F)(F)O2)CC1CCS(=O)(=O)C1. The first-order valence-electron chi connectivity index (χ1n) is 7.01. The zero-order chi connectivity index (χ0) is 16.0. The number of benzene rings is 1. The molecule has 8 heteroatoms. The molecule has 0 aromatic heterocycles. The number of hydrogen-bond donors (Lipinski definition) is 0. The summed E-state index contributed by atoms with van der Waals surface area (Å²) in [5, 5.41) is 0. The summed E-state index contributed by atoms with van der Waals surface area (Å²) >= 11 is 0. The van der Waals surface area contributed by atoms with Gasteiger partial charge in [-0.3, -0.25) is 0 Å². The summed E-state index contributed by atoms with van der Waals surface area (Å²) in [5.74, 6) is 0.597. The van der Waals surface area contributed by atoms with Crippen LogP contribution in [0.5, 0.6) is 11.5 Å². The van der Waals surface area contributed by atoms with Crippen LogP contribution in [0.4, 0.5) is 8.78 Å². The van der Waals surface area contributed by atoms with Crippen LogP contribution in [0, 0.1) is 5.92 Å². The van der Waals surface area contributed by atoms with Crippen LogP contribution >= 0.6 is 0 Å². The van der Waals surface area contributed by atoms with Gasteiger partial charge in [0.05, 0.1) is 11.5 Å². The second kappa shape index (κ2) is 5.34. The van der Waals surface area contributed by atoms with Gasteiger partial charge in [0.15, 0.2) is 21.3 Å². The summed E-state index contributed by atoms with van der Waals surface area (Å²) in [4.78, 5) is 1.92. The minimum atomic E-state index is -3.63. The van der Waals surface area contributed by atoms with Crippen LogP contribution in [-0.2, 0) is 16.4 Å². The Kier molecular flexibility index (Phi) is 3.76. The maximum absolute atomic E-state index is 13.1. The highest BCUT2D eigenvalue weighted by atomic mass is 32.2. The normalized spacial score (nSPS) is 24.8. The van der Waals surface area contributed by atoms with E-state index in [1.54, 1.807) is 12.1 Å². The fraction of sp³-hybridized carbons (Fsp3) is 0.571. The zero-order valence-electron chi connectivity index (χ0n) is 12.1. The van der Waals surface area contributed by atoms with E-state index >= 15 is 0 Å². The van der Waals surface area contributed by atoms with Gasteiger partial charge in [0.1, 0.15) is 0 Å². The third-order valence-corrected chi connectivity index (χ3v) is 5.68. The molecule has 1 fully saturated rings. The summed E-state index contributed by atoms with van der Waals surface area (Å²) in [5.41, 5.74) is 0.595. The summed E-state index contributed by atoms with van der Waals surface area (Å²) in [6, 6.07) is 4.77. The Morgan fingerprint density at radius 3 is 2.82 bits per heavy atom. The number of para-hydroxylation sites is 1. The van der Waals surface area contributed by atoms with Gasteiger partial charge < -0.3 is 14.4 Å². The number of nitrogens with zero attached hydrogens (tertiary/aromatic N) is 1. The molecule has 122 valence electrons. The molecule has 22 heavy (non-hydrogen) atoms. The van der Waals surface area contributed by atoms with Crippen LogP contribution < -0.4 is 9.47 Å². The molecular weight excluding hydrogens is 316 g/mol. The molecule has 0 aliphatic carbocycles. The van der Waals surface area contributed by atoms with E-state index in [4.69, 9.17) is 0 Å². The van der Waals surface area contributed by atoms with Crippen molar-refractivity contribution in [3.05, 3.63) is 23.8 Å². The molecule has 0 N–H and O–H groups in total. The highest BCUT2D eigenvalue weighted by Crippen LogP contribution is 2.43. The number of sulfone groups is 1. The van der Waals surface area contributed by atoms with E-state index in [1.165, 1.54) is 6.07 Å². The number of halogens is 2. The van der Waals surface area contributed by atoms with Crippen molar-refractivity contribution >= 4 is 9.84 Å². The van der Waals surface area contributed by atoms with Gasteiger partial charge >= 0.3 is 6.29 Å². The average Bonchev–Trinajstić information content (AvgIpc) is 2.88. The lowest BCUT2D eigenvalue weighted by atomic mass is 10.1. The summed E-state index contributed by atoms with van der Waals surface area (Å²) in [7, 11) is -1.08. The number of ether oxygens (including phenoxy) is 2. The smallest absolute Gasteiger partial charge is 0.395 e. The van der Waals surface area contributed by atoms with Gasteiger partial charge in [0.2, 0.25) is 0 Å². The lowest BCUT2D eigenvalue weighted by Crippen LogP contribution is -2.27. The molecule has 1 unspecified atom stereocenters. The molecule has 1 atom stereocenters. The van der Waals surface area contributed by atoms with E-state index in [9.17, 15) is 17.2 Å². The molecule has 0 bridgehead atoms. The Labute approximate surface area is 127 Å². The number of alkyl halides is 2. The molecule has 0 amide bonds. The predicted octanol–water partition coefficient (Wildman–Crippen LogP) is 1.87. The van der Waals surface area contributed by atoms with Crippen LogP contribution in [0.15, 0.2) is 18.2 Å². The van der Waals surface area contributed by atoms with E-state index in [0.29, 0.717) is 25.1 Å². The van der Waals surface area contributed by atoms with E-state index in [-0.39, 0.29) is 28.9 Å². The van der Waals surface area contributed by atoms with E-state index in [0.717, 1.165) is 0 Å². The average molecular weight is 333 g/mol. The molecule has 2 aliphatic heterocycles. The number of hydrogen-bond acceptors (Lipinski definition) is 5. The number of fused-ring (bicyclic) bond motifs is 1. The molecule has 1 saturated heterocycles. The van der Waals surface area contributed by atoms with Gasteiger partial charge in [-0.25, -0.2) is 8.42 Å². The second-order valence-corrected chi connectivity index (χ2v) is 8.11. The third-order valence-electron chi connectivity index (χ3n) is 3.85. The topological polar surface area (TPSA) is 55.8 Å². The first-order valence-corrected chi connectivity index (χ1v) is 8.83. The molecule has 0 spiro atoms. The van der Waals surface area contributed by atoms with Crippen molar-refractivity contribution in [2.24, 2.45) is 5.92 Å². The molecule has 5 nitrogen and oxygen atoms in total. The van der Waals surface area contributed by atoms with Crippen LogP contribution in [0.25, 0.3) is 0 Å². The second-order valence-electron chi connectivity index (χ2n) is 5.88.